The van der Waals surface area contributed by atoms with Gasteiger partial charge in [-0.1, -0.05) is 23.7 Å². The Morgan fingerprint density at radius 2 is 2.08 bits per heavy atom. The summed E-state index contributed by atoms with van der Waals surface area (Å²) in [6.07, 6.45) is 2.79. The Hall–Kier alpha value is -2.64. The number of benzene rings is 1. The molecular weight excluding hydrogens is 361 g/mol. The van der Waals surface area contributed by atoms with Crippen LogP contribution in [0.1, 0.15) is 16.1 Å². The van der Waals surface area contributed by atoms with Crippen molar-refractivity contribution < 1.29 is 4.39 Å². The van der Waals surface area contributed by atoms with Gasteiger partial charge in [-0.25, -0.2) is 15.0 Å². The van der Waals surface area contributed by atoms with Crippen LogP contribution in [0.15, 0.2) is 47.6 Å². The summed E-state index contributed by atoms with van der Waals surface area (Å²) in [7, 11) is 0. The molecule has 5 nitrogen and oxygen atoms in total. The molecule has 0 fully saturated rings. The fourth-order valence-electron chi connectivity index (χ4n) is 2.25. The zero-order valence-electron chi connectivity index (χ0n) is 12.9. The van der Waals surface area contributed by atoms with E-state index in [2.05, 4.69) is 15.0 Å². The first-order chi connectivity index (χ1) is 12.1. The Balaban J connectivity index is 2.04. The number of amidine groups is 1. The van der Waals surface area contributed by atoms with Gasteiger partial charge in [-0.05, 0) is 23.8 Å². The quantitative estimate of drug-likeness (QED) is 0.404. The van der Waals surface area contributed by atoms with Crippen LogP contribution in [0.4, 0.5) is 4.39 Å². The lowest BCUT2D eigenvalue weighted by atomic mass is 10.1. The predicted octanol–water partition coefficient (Wildman–Crippen LogP) is 3.90. The third-order valence-electron chi connectivity index (χ3n) is 3.39. The lowest BCUT2D eigenvalue weighted by Gasteiger charge is -2.02. The van der Waals surface area contributed by atoms with Gasteiger partial charge in [-0.3, -0.25) is 5.41 Å². The second kappa shape index (κ2) is 7.50. The van der Waals surface area contributed by atoms with Gasteiger partial charge in [0, 0.05) is 29.3 Å². The lowest BCUT2D eigenvalue weighted by molar-refractivity contribution is 0.584. The summed E-state index contributed by atoms with van der Waals surface area (Å²) in [5.41, 5.74) is 8.30. The summed E-state index contributed by atoms with van der Waals surface area (Å²) in [6, 6.07) is 10.4. The van der Waals surface area contributed by atoms with Crippen LogP contribution in [0.5, 0.6) is 0 Å². The lowest BCUT2D eigenvalue weighted by Crippen LogP contribution is -2.14. The normalized spacial score (nSPS) is 11.5. The monoisotopic (exact) mass is 373 g/mol. The highest BCUT2D eigenvalue weighted by Crippen LogP contribution is 2.29. The standard InChI is InChI=1S/C17H13ClFN5S/c18-12-3-1-10(2-4-12)7-13-15(16(21)23-9-20)25-17(24-13)11-5-6-22-14(19)8-11/h1-6,8-9H,7H2,(H3,20,21,23). The molecule has 25 heavy (non-hydrogen) atoms. The van der Waals surface area contributed by atoms with Crippen LogP contribution in [0.3, 0.4) is 0 Å². The molecule has 1 aromatic carbocycles. The molecule has 126 valence electrons. The molecule has 3 aromatic rings. The SMILES string of the molecule is N=CN=C(N)c1sc(-c2ccnc(F)c2)nc1Cc1ccc(Cl)cc1. The number of nitrogens with zero attached hydrogens (tertiary/aromatic N) is 3. The van der Waals surface area contributed by atoms with Gasteiger partial charge in [0.25, 0.3) is 0 Å². The highest BCUT2D eigenvalue weighted by molar-refractivity contribution is 7.17. The van der Waals surface area contributed by atoms with Gasteiger partial charge in [0.15, 0.2) is 0 Å². The molecule has 0 spiro atoms. The van der Waals surface area contributed by atoms with Crippen LogP contribution >= 0.6 is 22.9 Å². The molecular formula is C17H13ClFN5S. The number of hydrogen-bond donors (Lipinski definition) is 2. The van der Waals surface area contributed by atoms with E-state index < -0.39 is 5.95 Å². The fourth-order valence-corrected chi connectivity index (χ4v) is 3.37. The average molecular weight is 374 g/mol. The topological polar surface area (TPSA) is 88.0 Å². The Bertz CT molecular complexity index is 936. The van der Waals surface area contributed by atoms with Crippen LogP contribution in [-0.2, 0) is 6.42 Å². The van der Waals surface area contributed by atoms with Crippen molar-refractivity contribution in [2.45, 2.75) is 6.42 Å². The fraction of sp³-hybridized carbons (Fsp3) is 0.0588. The highest BCUT2D eigenvalue weighted by Gasteiger charge is 2.16. The minimum Gasteiger partial charge on any atom is -0.382 e. The Labute approximate surface area is 152 Å². The zero-order valence-corrected chi connectivity index (χ0v) is 14.5. The molecule has 0 unspecified atom stereocenters. The number of aliphatic imine (C=N–C) groups is 1. The van der Waals surface area contributed by atoms with Crippen LogP contribution < -0.4 is 5.73 Å². The Morgan fingerprint density at radius 1 is 1.32 bits per heavy atom. The van der Waals surface area contributed by atoms with Gasteiger partial charge in [-0.2, -0.15) is 4.39 Å². The van der Waals surface area contributed by atoms with Crippen LogP contribution in [0.2, 0.25) is 5.02 Å². The van der Waals surface area contributed by atoms with Gasteiger partial charge in [-0.15, -0.1) is 11.3 Å². The van der Waals surface area contributed by atoms with Crippen molar-refractivity contribution in [1.29, 1.82) is 5.41 Å². The van der Waals surface area contributed by atoms with Crippen LogP contribution in [-0.4, -0.2) is 22.1 Å². The number of nitrogens with two attached hydrogens (primary N) is 1. The number of rotatable bonds is 5. The minimum absolute atomic E-state index is 0.206. The molecule has 0 atom stereocenters. The third-order valence-corrected chi connectivity index (χ3v) is 4.81. The predicted molar refractivity (Wildman–Crippen MR) is 99.1 cm³/mol. The number of pyridine rings is 1. The van der Waals surface area contributed by atoms with E-state index in [1.807, 2.05) is 12.1 Å². The second-order valence-corrected chi connectivity index (χ2v) is 6.54. The maximum absolute atomic E-state index is 13.4. The van der Waals surface area contributed by atoms with Crippen molar-refractivity contribution >= 4 is 35.1 Å². The highest BCUT2D eigenvalue weighted by atomic mass is 35.5. The van der Waals surface area contributed by atoms with Gasteiger partial charge in [0.05, 0.1) is 10.6 Å². The van der Waals surface area contributed by atoms with Crippen molar-refractivity contribution in [2.24, 2.45) is 10.7 Å². The van der Waals surface area contributed by atoms with E-state index in [4.69, 9.17) is 22.7 Å². The number of nitrogens with one attached hydrogen (secondary N) is 1. The molecule has 0 aliphatic rings. The number of thiazole rings is 1. The molecule has 0 aliphatic carbocycles. The molecule has 2 aromatic heterocycles. The van der Waals surface area contributed by atoms with E-state index >= 15 is 0 Å². The van der Waals surface area contributed by atoms with Crippen molar-refractivity contribution in [3.05, 3.63) is 69.7 Å². The summed E-state index contributed by atoms with van der Waals surface area (Å²) >= 11 is 7.22. The van der Waals surface area contributed by atoms with Crippen molar-refractivity contribution in [1.82, 2.24) is 9.97 Å². The Kier molecular flexibility index (Phi) is 5.16. The molecule has 3 rings (SSSR count). The van der Waals surface area contributed by atoms with Crippen LogP contribution in [0.25, 0.3) is 10.6 Å². The first-order valence-electron chi connectivity index (χ1n) is 7.25. The van der Waals surface area contributed by atoms with Gasteiger partial charge < -0.3 is 5.73 Å². The third kappa shape index (κ3) is 4.07. The minimum atomic E-state index is -0.574. The average Bonchev–Trinajstić information content (AvgIpc) is 3.01. The van der Waals surface area contributed by atoms with Gasteiger partial charge >= 0.3 is 0 Å². The summed E-state index contributed by atoms with van der Waals surface area (Å²) < 4.78 is 13.4. The molecule has 0 bridgehead atoms. The molecule has 3 N–H and O–H groups in total. The molecule has 0 saturated carbocycles. The molecule has 0 saturated heterocycles. The first kappa shape index (κ1) is 17.2. The molecule has 0 radical (unpaired) electrons. The molecule has 0 aliphatic heterocycles. The van der Waals surface area contributed by atoms with Crippen molar-refractivity contribution in [2.75, 3.05) is 0 Å². The van der Waals surface area contributed by atoms with Crippen molar-refractivity contribution in [3.63, 3.8) is 0 Å². The van der Waals surface area contributed by atoms with E-state index in [1.54, 1.807) is 18.2 Å². The number of aromatic nitrogens is 2. The van der Waals surface area contributed by atoms with E-state index in [0.717, 1.165) is 11.9 Å². The summed E-state index contributed by atoms with van der Waals surface area (Å²) in [5.74, 6) is -0.369. The summed E-state index contributed by atoms with van der Waals surface area (Å²) in [5, 5.41) is 8.38. The zero-order chi connectivity index (χ0) is 17.8. The maximum Gasteiger partial charge on any atom is 0.213 e. The molecule has 8 heteroatoms. The summed E-state index contributed by atoms with van der Waals surface area (Å²) in [6.45, 7) is 0. The largest absolute Gasteiger partial charge is 0.382 e. The van der Waals surface area contributed by atoms with Gasteiger partial charge in [0.2, 0.25) is 5.95 Å². The van der Waals surface area contributed by atoms with Crippen LogP contribution in [0, 0.1) is 11.4 Å². The van der Waals surface area contributed by atoms with E-state index in [1.165, 1.54) is 23.6 Å². The van der Waals surface area contributed by atoms with Crippen molar-refractivity contribution in [3.8, 4) is 10.6 Å². The van der Waals surface area contributed by atoms with E-state index in [9.17, 15) is 4.39 Å². The van der Waals surface area contributed by atoms with E-state index in [-0.39, 0.29) is 5.84 Å². The maximum atomic E-state index is 13.4. The number of hydrogen-bond acceptors (Lipinski definition) is 4. The Morgan fingerprint density at radius 3 is 2.76 bits per heavy atom. The molecule has 2 heterocycles. The number of halogens is 2. The smallest absolute Gasteiger partial charge is 0.213 e. The molecule has 0 amide bonds. The first-order valence-corrected chi connectivity index (χ1v) is 8.45. The second-order valence-electron chi connectivity index (χ2n) is 5.11. The van der Waals surface area contributed by atoms with E-state index in [0.29, 0.717) is 32.6 Å². The summed E-state index contributed by atoms with van der Waals surface area (Å²) in [4.78, 5) is 12.6. The van der Waals surface area contributed by atoms with Gasteiger partial charge in [0.1, 0.15) is 17.2 Å².